The van der Waals surface area contributed by atoms with Gasteiger partial charge in [0.2, 0.25) is 5.78 Å². The number of rotatable bonds is 3. The summed E-state index contributed by atoms with van der Waals surface area (Å²) in [5.74, 6) is -0.00667. The maximum absolute atomic E-state index is 12.9. The number of pyridine rings is 1. The van der Waals surface area contributed by atoms with E-state index in [0.717, 1.165) is 17.1 Å². The Balaban J connectivity index is 2.09. The lowest BCUT2D eigenvalue weighted by Crippen LogP contribution is -2.04. The zero-order valence-corrected chi connectivity index (χ0v) is 11.5. The molecule has 106 valence electrons. The number of nitrogens with zero attached hydrogens (tertiary/aromatic N) is 1. The van der Waals surface area contributed by atoms with Crippen LogP contribution in [0.4, 0.5) is 4.39 Å². The lowest BCUT2D eigenvalue weighted by Gasteiger charge is -1.97. The third-order valence-electron chi connectivity index (χ3n) is 3.31. The van der Waals surface area contributed by atoms with Crippen LogP contribution in [0.5, 0.6) is 5.75 Å². The van der Waals surface area contributed by atoms with Gasteiger partial charge in [0.05, 0.1) is 13.3 Å². The SMILES string of the molecule is COc1ccc2c(C)c(C(=O)c3ccc(F)cn3)oc2c1. The zero-order valence-electron chi connectivity index (χ0n) is 11.5. The highest BCUT2D eigenvalue weighted by atomic mass is 19.1. The number of furan rings is 1. The molecule has 0 atom stereocenters. The lowest BCUT2D eigenvalue weighted by atomic mass is 10.1. The molecule has 0 bridgehead atoms. The fourth-order valence-electron chi connectivity index (χ4n) is 2.18. The number of benzene rings is 1. The van der Waals surface area contributed by atoms with Gasteiger partial charge in [0.15, 0.2) is 5.76 Å². The van der Waals surface area contributed by atoms with Crippen molar-refractivity contribution in [1.82, 2.24) is 4.98 Å². The highest BCUT2D eigenvalue weighted by Crippen LogP contribution is 2.29. The van der Waals surface area contributed by atoms with Crippen molar-refractivity contribution in [1.29, 1.82) is 0 Å². The third-order valence-corrected chi connectivity index (χ3v) is 3.31. The van der Waals surface area contributed by atoms with Crippen LogP contribution in [0.3, 0.4) is 0 Å². The molecule has 3 rings (SSSR count). The monoisotopic (exact) mass is 285 g/mol. The van der Waals surface area contributed by atoms with Gasteiger partial charge in [-0.15, -0.1) is 0 Å². The summed E-state index contributed by atoms with van der Waals surface area (Å²) in [6.45, 7) is 1.80. The first kappa shape index (κ1) is 13.3. The van der Waals surface area contributed by atoms with Crippen LogP contribution < -0.4 is 4.74 Å². The molecule has 0 aliphatic carbocycles. The minimum Gasteiger partial charge on any atom is -0.497 e. The summed E-state index contributed by atoms with van der Waals surface area (Å²) >= 11 is 0. The van der Waals surface area contributed by atoms with Crippen LogP contribution >= 0.6 is 0 Å². The van der Waals surface area contributed by atoms with Gasteiger partial charge in [-0.05, 0) is 31.2 Å². The van der Waals surface area contributed by atoms with Crippen LogP contribution in [-0.4, -0.2) is 17.9 Å². The second-order valence-electron chi connectivity index (χ2n) is 4.61. The van der Waals surface area contributed by atoms with Gasteiger partial charge in [0, 0.05) is 17.0 Å². The number of ether oxygens (including phenoxy) is 1. The van der Waals surface area contributed by atoms with Gasteiger partial charge in [-0.2, -0.15) is 0 Å². The number of fused-ring (bicyclic) bond motifs is 1. The van der Waals surface area contributed by atoms with Gasteiger partial charge in [0.1, 0.15) is 22.8 Å². The third kappa shape index (κ3) is 2.27. The number of hydrogen-bond acceptors (Lipinski definition) is 4. The molecule has 21 heavy (non-hydrogen) atoms. The number of methoxy groups -OCH3 is 1. The summed E-state index contributed by atoms with van der Waals surface area (Å²) < 4.78 is 23.6. The van der Waals surface area contributed by atoms with Gasteiger partial charge < -0.3 is 9.15 Å². The highest BCUT2D eigenvalue weighted by Gasteiger charge is 2.20. The van der Waals surface area contributed by atoms with E-state index < -0.39 is 5.82 Å². The number of aromatic nitrogens is 1. The molecule has 2 heterocycles. The smallest absolute Gasteiger partial charge is 0.246 e. The molecule has 0 saturated heterocycles. The largest absolute Gasteiger partial charge is 0.497 e. The van der Waals surface area contributed by atoms with Crippen molar-refractivity contribution < 1.29 is 18.3 Å². The summed E-state index contributed by atoms with van der Waals surface area (Å²) in [5, 5.41) is 0.835. The molecule has 0 amide bonds. The minimum absolute atomic E-state index is 0.144. The summed E-state index contributed by atoms with van der Waals surface area (Å²) in [6.07, 6.45) is 1.01. The van der Waals surface area contributed by atoms with Crippen molar-refractivity contribution in [2.75, 3.05) is 7.11 Å². The van der Waals surface area contributed by atoms with E-state index in [2.05, 4.69) is 4.98 Å². The predicted molar refractivity (Wildman–Crippen MR) is 75.1 cm³/mol. The number of ketones is 1. The minimum atomic E-state index is -0.488. The quantitative estimate of drug-likeness (QED) is 0.691. The van der Waals surface area contributed by atoms with Gasteiger partial charge >= 0.3 is 0 Å². The second kappa shape index (κ2) is 5.01. The van der Waals surface area contributed by atoms with E-state index in [0.29, 0.717) is 11.3 Å². The zero-order chi connectivity index (χ0) is 15.0. The van der Waals surface area contributed by atoms with Gasteiger partial charge in [-0.25, -0.2) is 9.37 Å². The van der Waals surface area contributed by atoms with E-state index in [1.165, 1.54) is 12.1 Å². The molecule has 0 fully saturated rings. The van der Waals surface area contributed by atoms with Gasteiger partial charge in [0.25, 0.3) is 0 Å². The van der Waals surface area contributed by atoms with E-state index in [1.807, 2.05) is 6.07 Å². The fourth-order valence-corrected chi connectivity index (χ4v) is 2.18. The van der Waals surface area contributed by atoms with Crippen molar-refractivity contribution in [3.8, 4) is 5.75 Å². The van der Waals surface area contributed by atoms with Crippen molar-refractivity contribution >= 4 is 16.8 Å². The highest BCUT2D eigenvalue weighted by molar-refractivity contribution is 6.09. The molecule has 1 aromatic carbocycles. The predicted octanol–water partition coefficient (Wildman–Crippen LogP) is 3.51. The number of halogens is 1. The Morgan fingerprint density at radius 1 is 1.29 bits per heavy atom. The number of aryl methyl sites for hydroxylation is 1. The first-order valence-electron chi connectivity index (χ1n) is 6.33. The number of hydrogen-bond donors (Lipinski definition) is 0. The molecule has 0 saturated carbocycles. The van der Waals surface area contributed by atoms with Crippen molar-refractivity contribution in [2.45, 2.75) is 6.92 Å². The van der Waals surface area contributed by atoms with Crippen molar-refractivity contribution in [3.05, 3.63) is 59.4 Å². The maximum atomic E-state index is 12.9. The Hall–Kier alpha value is -2.69. The van der Waals surface area contributed by atoms with E-state index in [-0.39, 0.29) is 17.2 Å². The summed E-state index contributed by atoms with van der Waals surface area (Å²) in [5.41, 5.74) is 1.44. The molecule has 3 aromatic rings. The average molecular weight is 285 g/mol. The molecule has 2 aromatic heterocycles. The standard InChI is InChI=1S/C16H12FNO3/c1-9-12-5-4-11(20-2)7-14(12)21-16(9)15(19)13-6-3-10(17)8-18-13/h3-8H,1-2H3. The molecule has 5 heteroatoms. The van der Waals surface area contributed by atoms with Crippen molar-refractivity contribution in [3.63, 3.8) is 0 Å². The molecule has 0 aliphatic heterocycles. The van der Waals surface area contributed by atoms with Gasteiger partial charge in [-0.1, -0.05) is 0 Å². The molecule has 0 spiro atoms. The van der Waals surface area contributed by atoms with Crippen LogP contribution in [0, 0.1) is 12.7 Å². The van der Waals surface area contributed by atoms with Crippen LogP contribution in [0.25, 0.3) is 11.0 Å². The summed E-state index contributed by atoms with van der Waals surface area (Å²) in [6, 6.07) is 7.89. The Morgan fingerprint density at radius 3 is 2.76 bits per heavy atom. The summed E-state index contributed by atoms with van der Waals surface area (Å²) in [4.78, 5) is 16.2. The van der Waals surface area contributed by atoms with E-state index in [9.17, 15) is 9.18 Å². The Morgan fingerprint density at radius 2 is 2.10 bits per heavy atom. The van der Waals surface area contributed by atoms with Crippen molar-refractivity contribution in [2.24, 2.45) is 0 Å². The van der Waals surface area contributed by atoms with Crippen LogP contribution in [0.15, 0.2) is 40.9 Å². The van der Waals surface area contributed by atoms with E-state index in [1.54, 1.807) is 26.2 Å². The molecule has 4 nitrogen and oxygen atoms in total. The molecular weight excluding hydrogens is 273 g/mol. The molecular formula is C16H12FNO3. The van der Waals surface area contributed by atoms with Gasteiger partial charge in [-0.3, -0.25) is 4.79 Å². The number of carbonyl (C=O) groups is 1. The van der Waals surface area contributed by atoms with E-state index in [4.69, 9.17) is 9.15 Å². The molecule has 0 radical (unpaired) electrons. The van der Waals surface area contributed by atoms with Crippen LogP contribution in [-0.2, 0) is 0 Å². The topological polar surface area (TPSA) is 52.3 Å². The molecule has 0 N–H and O–H groups in total. The first-order valence-corrected chi connectivity index (χ1v) is 6.33. The van der Waals surface area contributed by atoms with Crippen LogP contribution in [0.2, 0.25) is 0 Å². The average Bonchev–Trinajstić information content (AvgIpc) is 2.83. The van der Waals surface area contributed by atoms with Crippen LogP contribution in [0.1, 0.15) is 21.8 Å². The normalized spacial score (nSPS) is 10.8. The number of carbonyl (C=O) groups excluding carboxylic acids is 1. The fraction of sp³-hybridized carbons (Fsp3) is 0.125. The van der Waals surface area contributed by atoms with E-state index >= 15 is 0 Å². The molecule has 0 unspecified atom stereocenters. The Kier molecular flexibility index (Phi) is 3.17. The second-order valence-corrected chi connectivity index (χ2v) is 4.61. The Bertz CT molecular complexity index is 821. The lowest BCUT2D eigenvalue weighted by molar-refractivity contribution is 0.101. The summed E-state index contributed by atoms with van der Waals surface area (Å²) in [7, 11) is 1.56. The maximum Gasteiger partial charge on any atom is 0.246 e. The Labute approximate surface area is 120 Å². The molecule has 0 aliphatic rings. The first-order chi connectivity index (χ1) is 10.1.